The lowest BCUT2D eigenvalue weighted by Crippen LogP contribution is -2.08. The van der Waals surface area contributed by atoms with Gasteiger partial charge in [0.2, 0.25) is 0 Å². The molecule has 0 radical (unpaired) electrons. The van der Waals surface area contributed by atoms with Gasteiger partial charge in [0.05, 0.1) is 6.61 Å². The van der Waals surface area contributed by atoms with Crippen LogP contribution in [0.1, 0.15) is 41.4 Å². The van der Waals surface area contributed by atoms with E-state index in [9.17, 15) is 4.79 Å². The number of hydrogen-bond acceptors (Lipinski definition) is 4. The number of carbonyl (C=O) groups excluding carboxylic acids is 1. The van der Waals surface area contributed by atoms with Gasteiger partial charge in [-0.25, -0.2) is 0 Å². The molecule has 0 aromatic heterocycles. The number of hydrogen-bond donors (Lipinski definition) is 0. The van der Waals surface area contributed by atoms with E-state index >= 15 is 0 Å². The van der Waals surface area contributed by atoms with Crippen LogP contribution in [0.2, 0.25) is 5.02 Å². The maximum absolute atomic E-state index is 11.1. The van der Waals surface area contributed by atoms with Crippen LogP contribution in [-0.2, 0) is 6.61 Å². The van der Waals surface area contributed by atoms with Crippen LogP contribution in [0.25, 0.3) is 0 Å². The third kappa shape index (κ3) is 5.52. The van der Waals surface area contributed by atoms with Gasteiger partial charge in [-0.2, -0.15) is 0 Å². The minimum Gasteiger partial charge on any atom is -0.490 e. The highest BCUT2D eigenvalue weighted by atomic mass is 35.5. The SMILES string of the molecule is CCOc1cc(C=O)ccc1OC(C)c1cc(Cl)ccc1OCc1ccccc1. The third-order valence-electron chi connectivity index (χ3n) is 4.35. The van der Waals surface area contributed by atoms with E-state index in [1.165, 1.54) is 0 Å². The second kappa shape index (κ2) is 9.99. The van der Waals surface area contributed by atoms with E-state index in [1.807, 2.05) is 56.3 Å². The third-order valence-corrected chi connectivity index (χ3v) is 4.59. The summed E-state index contributed by atoms with van der Waals surface area (Å²) >= 11 is 6.23. The maximum atomic E-state index is 11.1. The molecule has 0 spiro atoms. The van der Waals surface area contributed by atoms with Gasteiger partial charge in [-0.15, -0.1) is 0 Å². The molecule has 0 N–H and O–H groups in total. The largest absolute Gasteiger partial charge is 0.490 e. The van der Waals surface area contributed by atoms with Gasteiger partial charge >= 0.3 is 0 Å². The van der Waals surface area contributed by atoms with Crippen LogP contribution in [0.3, 0.4) is 0 Å². The van der Waals surface area contributed by atoms with E-state index in [0.717, 1.165) is 17.4 Å². The van der Waals surface area contributed by atoms with Crippen molar-refractivity contribution in [1.82, 2.24) is 0 Å². The van der Waals surface area contributed by atoms with Crippen molar-refractivity contribution in [2.45, 2.75) is 26.6 Å². The summed E-state index contributed by atoms with van der Waals surface area (Å²) < 4.78 is 17.8. The molecule has 0 aliphatic heterocycles. The fourth-order valence-electron chi connectivity index (χ4n) is 2.92. The highest BCUT2D eigenvalue weighted by Crippen LogP contribution is 2.36. The minimum absolute atomic E-state index is 0.347. The molecule has 3 aromatic carbocycles. The Morgan fingerprint density at radius 2 is 1.69 bits per heavy atom. The zero-order valence-corrected chi connectivity index (χ0v) is 17.2. The Morgan fingerprint density at radius 1 is 0.931 bits per heavy atom. The van der Waals surface area contributed by atoms with Gasteiger partial charge in [0, 0.05) is 16.1 Å². The van der Waals surface area contributed by atoms with Crippen molar-refractivity contribution >= 4 is 17.9 Å². The molecule has 5 heteroatoms. The first kappa shape index (κ1) is 20.7. The lowest BCUT2D eigenvalue weighted by molar-refractivity contribution is 0.112. The fourth-order valence-corrected chi connectivity index (χ4v) is 3.10. The number of rotatable bonds is 9. The monoisotopic (exact) mass is 410 g/mol. The van der Waals surface area contributed by atoms with E-state index in [4.69, 9.17) is 25.8 Å². The van der Waals surface area contributed by atoms with Gasteiger partial charge in [0.25, 0.3) is 0 Å². The Morgan fingerprint density at radius 3 is 2.41 bits per heavy atom. The van der Waals surface area contributed by atoms with Crippen molar-refractivity contribution < 1.29 is 19.0 Å². The predicted octanol–water partition coefficient (Wildman–Crippen LogP) is 6.27. The van der Waals surface area contributed by atoms with Crippen molar-refractivity contribution in [3.8, 4) is 17.2 Å². The number of ether oxygens (including phenoxy) is 3. The normalized spacial score (nSPS) is 11.6. The summed E-state index contributed by atoms with van der Waals surface area (Å²) in [6.07, 6.45) is 0.433. The molecule has 3 aromatic rings. The van der Waals surface area contributed by atoms with Crippen LogP contribution in [0.5, 0.6) is 17.2 Å². The first-order valence-electron chi connectivity index (χ1n) is 9.45. The summed E-state index contributed by atoms with van der Waals surface area (Å²) in [5.41, 5.74) is 2.43. The molecule has 0 bridgehead atoms. The Kier molecular flexibility index (Phi) is 7.14. The van der Waals surface area contributed by atoms with Crippen LogP contribution in [-0.4, -0.2) is 12.9 Å². The Hall–Kier alpha value is -2.98. The Labute approximate surface area is 176 Å². The van der Waals surface area contributed by atoms with Crippen LogP contribution in [0.4, 0.5) is 0 Å². The van der Waals surface area contributed by atoms with Crippen LogP contribution >= 0.6 is 11.6 Å². The zero-order chi connectivity index (χ0) is 20.6. The molecule has 0 aliphatic rings. The average molecular weight is 411 g/mol. The van der Waals surface area contributed by atoms with E-state index in [1.54, 1.807) is 24.3 Å². The summed E-state index contributed by atoms with van der Waals surface area (Å²) in [6, 6.07) is 20.5. The average Bonchev–Trinajstić information content (AvgIpc) is 2.75. The van der Waals surface area contributed by atoms with Gasteiger partial charge in [-0.1, -0.05) is 41.9 Å². The smallest absolute Gasteiger partial charge is 0.162 e. The van der Waals surface area contributed by atoms with E-state index < -0.39 is 0 Å². The second-order valence-electron chi connectivity index (χ2n) is 6.47. The molecule has 0 saturated carbocycles. The van der Waals surface area contributed by atoms with Crippen LogP contribution < -0.4 is 14.2 Å². The van der Waals surface area contributed by atoms with E-state index in [0.29, 0.717) is 41.0 Å². The van der Waals surface area contributed by atoms with Gasteiger partial charge in [0.1, 0.15) is 24.7 Å². The predicted molar refractivity (Wildman–Crippen MR) is 114 cm³/mol. The topological polar surface area (TPSA) is 44.8 Å². The van der Waals surface area contributed by atoms with Crippen molar-refractivity contribution in [3.05, 3.63) is 88.4 Å². The lowest BCUT2D eigenvalue weighted by atomic mass is 10.1. The highest BCUT2D eigenvalue weighted by Gasteiger charge is 2.17. The van der Waals surface area contributed by atoms with E-state index in [2.05, 4.69) is 0 Å². The molecule has 0 saturated heterocycles. The summed E-state index contributed by atoms with van der Waals surface area (Å²) in [5, 5.41) is 0.601. The van der Waals surface area contributed by atoms with E-state index in [-0.39, 0.29) is 6.10 Å². The Balaban J connectivity index is 1.82. The molecular formula is C24H23ClO4. The number of aldehydes is 1. The fraction of sp³-hybridized carbons (Fsp3) is 0.208. The highest BCUT2D eigenvalue weighted by molar-refractivity contribution is 6.30. The van der Waals surface area contributed by atoms with Crippen LogP contribution in [0.15, 0.2) is 66.7 Å². The standard InChI is InChI=1S/C24H23ClO4/c1-3-27-24-13-19(15-26)9-11-23(24)29-17(2)21-14-20(25)10-12-22(21)28-16-18-7-5-4-6-8-18/h4-15,17H,3,16H2,1-2H3. The molecule has 1 unspecified atom stereocenters. The van der Waals surface area contributed by atoms with Crippen molar-refractivity contribution in [2.75, 3.05) is 6.61 Å². The number of halogens is 1. The van der Waals surface area contributed by atoms with Crippen molar-refractivity contribution in [2.24, 2.45) is 0 Å². The van der Waals surface area contributed by atoms with Gasteiger partial charge in [0.15, 0.2) is 11.5 Å². The molecule has 4 nitrogen and oxygen atoms in total. The maximum Gasteiger partial charge on any atom is 0.162 e. The molecule has 0 amide bonds. The first-order valence-corrected chi connectivity index (χ1v) is 9.83. The second-order valence-corrected chi connectivity index (χ2v) is 6.91. The van der Waals surface area contributed by atoms with Crippen LogP contribution in [0, 0.1) is 0 Å². The molecule has 0 heterocycles. The minimum atomic E-state index is -0.347. The summed E-state index contributed by atoms with van der Waals surface area (Å²) in [5.74, 6) is 1.78. The van der Waals surface area contributed by atoms with Gasteiger partial charge in [-0.05, 0) is 55.8 Å². The molecule has 0 aliphatic carbocycles. The lowest BCUT2D eigenvalue weighted by Gasteiger charge is -2.21. The van der Waals surface area contributed by atoms with Gasteiger partial charge < -0.3 is 14.2 Å². The quantitative estimate of drug-likeness (QED) is 0.390. The summed E-state index contributed by atoms with van der Waals surface area (Å²) in [4.78, 5) is 11.1. The number of carbonyl (C=O) groups is 1. The molecule has 1 atom stereocenters. The first-order chi connectivity index (χ1) is 14.1. The molecular weight excluding hydrogens is 388 g/mol. The molecule has 150 valence electrons. The number of benzene rings is 3. The van der Waals surface area contributed by atoms with Crippen molar-refractivity contribution in [1.29, 1.82) is 0 Å². The summed E-state index contributed by atoms with van der Waals surface area (Å²) in [7, 11) is 0. The Bertz CT molecular complexity index is 956. The van der Waals surface area contributed by atoms with Gasteiger partial charge in [-0.3, -0.25) is 4.79 Å². The molecule has 29 heavy (non-hydrogen) atoms. The van der Waals surface area contributed by atoms with Crippen molar-refractivity contribution in [3.63, 3.8) is 0 Å². The molecule has 3 rings (SSSR count). The molecule has 0 fully saturated rings. The summed E-state index contributed by atoms with van der Waals surface area (Å²) in [6.45, 7) is 4.72. The zero-order valence-electron chi connectivity index (χ0n) is 16.4.